The van der Waals surface area contributed by atoms with Crippen molar-refractivity contribution in [3.05, 3.63) is 66.8 Å². The van der Waals surface area contributed by atoms with Crippen LogP contribution in [0.4, 0.5) is 0 Å². The number of hydrogen-bond acceptors (Lipinski definition) is 2. The quantitative estimate of drug-likeness (QED) is 0.579. The van der Waals surface area contributed by atoms with Crippen molar-refractivity contribution < 1.29 is 14.0 Å². The summed E-state index contributed by atoms with van der Waals surface area (Å²) < 4.78 is 15.8. The highest BCUT2D eigenvalue weighted by atomic mass is 31.1. The van der Waals surface area contributed by atoms with E-state index in [0.717, 1.165) is 23.1 Å². The summed E-state index contributed by atoms with van der Waals surface area (Å²) in [6.45, 7) is 11.2. The molecule has 0 fully saturated rings. The van der Waals surface area contributed by atoms with Crippen molar-refractivity contribution >= 4 is 8.25 Å². The van der Waals surface area contributed by atoms with E-state index in [1.165, 1.54) is 0 Å². The van der Waals surface area contributed by atoms with E-state index in [1.54, 1.807) is 18.2 Å². The van der Waals surface area contributed by atoms with Gasteiger partial charge in [0.1, 0.15) is 0 Å². The molecule has 0 aromatic heterocycles. The zero-order chi connectivity index (χ0) is 14.3. The normalized spacial score (nSPS) is 10.7. The van der Waals surface area contributed by atoms with Gasteiger partial charge in [0.2, 0.25) is 0 Å². The standard InChI is InChI=1S/C15H17O3P/c1-4-7-12-10-11-15(18-19(16)17)14(9-6-3)13(12)8-5-2/h4-6,10-11H,1-3,7-9H2/p+1. The van der Waals surface area contributed by atoms with Crippen molar-refractivity contribution in [1.29, 1.82) is 0 Å². The molecule has 0 saturated carbocycles. The molecular formula is C15H18O3P+. The lowest BCUT2D eigenvalue weighted by molar-refractivity contribution is 0.408. The van der Waals surface area contributed by atoms with E-state index < -0.39 is 8.25 Å². The first-order valence-electron chi connectivity index (χ1n) is 5.94. The maximum absolute atomic E-state index is 10.9. The molecule has 19 heavy (non-hydrogen) atoms. The second-order valence-corrected chi connectivity index (χ2v) is 4.65. The van der Waals surface area contributed by atoms with Crippen molar-refractivity contribution in [2.75, 3.05) is 0 Å². The summed E-state index contributed by atoms with van der Waals surface area (Å²) in [5.41, 5.74) is 3.06. The van der Waals surface area contributed by atoms with E-state index in [0.29, 0.717) is 18.6 Å². The van der Waals surface area contributed by atoms with Crippen LogP contribution in [0.2, 0.25) is 0 Å². The van der Waals surface area contributed by atoms with Crippen LogP contribution in [0.5, 0.6) is 5.75 Å². The van der Waals surface area contributed by atoms with Crippen LogP contribution in [0.1, 0.15) is 16.7 Å². The van der Waals surface area contributed by atoms with Crippen LogP contribution in [0, 0.1) is 0 Å². The summed E-state index contributed by atoms with van der Waals surface area (Å²) in [6.07, 6.45) is 7.36. The summed E-state index contributed by atoms with van der Waals surface area (Å²) in [6, 6.07) is 3.61. The van der Waals surface area contributed by atoms with Crippen molar-refractivity contribution in [2.45, 2.75) is 19.3 Å². The highest BCUT2D eigenvalue weighted by Crippen LogP contribution is 2.32. The molecule has 0 bridgehead atoms. The van der Waals surface area contributed by atoms with Crippen LogP contribution in [0.25, 0.3) is 0 Å². The molecule has 1 rings (SSSR count). The van der Waals surface area contributed by atoms with Crippen LogP contribution in [0.15, 0.2) is 50.1 Å². The Labute approximate surface area is 114 Å². The molecule has 0 saturated heterocycles. The lowest BCUT2D eigenvalue weighted by Crippen LogP contribution is -2.01. The highest BCUT2D eigenvalue weighted by molar-refractivity contribution is 7.32. The molecule has 1 atom stereocenters. The van der Waals surface area contributed by atoms with Gasteiger partial charge in [-0.3, -0.25) is 0 Å². The summed E-state index contributed by atoms with van der Waals surface area (Å²) in [7, 11) is -2.67. The van der Waals surface area contributed by atoms with Crippen LogP contribution in [-0.4, -0.2) is 4.89 Å². The molecule has 0 aliphatic carbocycles. The minimum Gasteiger partial charge on any atom is -0.229 e. The molecule has 0 heterocycles. The number of hydrogen-bond donors (Lipinski definition) is 1. The lowest BCUT2D eigenvalue weighted by atomic mass is 9.93. The molecule has 1 aromatic rings. The molecule has 0 radical (unpaired) electrons. The predicted molar refractivity (Wildman–Crippen MR) is 78.6 cm³/mol. The van der Waals surface area contributed by atoms with Gasteiger partial charge >= 0.3 is 8.25 Å². The third-order valence-electron chi connectivity index (χ3n) is 2.72. The minimum atomic E-state index is -2.67. The molecule has 1 N–H and O–H groups in total. The third-order valence-corrected chi connectivity index (χ3v) is 3.08. The molecule has 1 unspecified atom stereocenters. The fourth-order valence-electron chi connectivity index (χ4n) is 2.00. The molecule has 0 aliphatic heterocycles. The average molecular weight is 277 g/mol. The van der Waals surface area contributed by atoms with E-state index in [2.05, 4.69) is 19.7 Å². The Morgan fingerprint density at radius 3 is 2.16 bits per heavy atom. The monoisotopic (exact) mass is 277 g/mol. The van der Waals surface area contributed by atoms with Gasteiger partial charge in [0.25, 0.3) is 0 Å². The maximum atomic E-state index is 10.9. The summed E-state index contributed by atoms with van der Waals surface area (Å²) in [4.78, 5) is 8.92. The Morgan fingerprint density at radius 1 is 1.05 bits per heavy atom. The summed E-state index contributed by atoms with van der Waals surface area (Å²) in [5, 5.41) is 0. The largest absolute Gasteiger partial charge is 0.747 e. The van der Waals surface area contributed by atoms with Crippen LogP contribution in [-0.2, 0) is 23.8 Å². The van der Waals surface area contributed by atoms with Gasteiger partial charge in [-0.05, 0) is 36.5 Å². The van der Waals surface area contributed by atoms with Gasteiger partial charge in [-0.25, -0.2) is 4.52 Å². The van der Waals surface area contributed by atoms with Gasteiger partial charge in [-0.2, -0.15) is 0 Å². The SMILES string of the molecule is C=CCc1ccc(O[P+](=O)O)c(CC=C)c1CC=C. The number of allylic oxidation sites excluding steroid dienone is 3. The highest BCUT2D eigenvalue weighted by Gasteiger charge is 2.20. The van der Waals surface area contributed by atoms with E-state index in [4.69, 9.17) is 9.42 Å². The zero-order valence-electron chi connectivity index (χ0n) is 10.8. The van der Waals surface area contributed by atoms with Gasteiger partial charge in [0.05, 0.1) is 0 Å². The average Bonchev–Trinajstić information content (AvgIpc) is 2.36. The number of benzene rings is 1. The van der Waals surface area contributed by atoms with E-state index in [1.807, 2.05) is 12.1 Å². The molecule has 100 valence electrons. The second kappa shape index (κ2) is 7.67. The fraction of sp³-hybridized carbons (Fsp3) is 0.200. The van der Waals surface area contributed by atoms with Gasteiger partial charge < -0.3 is 0 Å². The lowest BCUT2D eigenvalue weighted by Gasteiger charge is -2.13. The first kappa shape index (κ1) is 15.4. The Balaban J connectivity index is 3.37. The van der Waals surface area contributed by atoms with Crippen molar-refractivity contribution in [1.82, 2.24) is 0 Å². The second-order valence-electron chi connectivity index (χ2n) is 3.99. The number of rotatable bonds is 8. The van der Waals surface area contributed by atoms with Crippen LogP contribution in [0.3, 0.4) is 0 Å². The first-order chi connectivity index (χ1) is 9.13. The Hall–Kier alpha value is -1.70. The van der Waals surface area contributed by atoms with Crippen molar-refractivity contribution in [2.24, 2.45) is 0 Å². The molecule has 0 spiro atoms. The zero-order valence-corrected chi connectivity index (χ0v) is 11.7. The van der Waals surface area contributed by atoms with E-state index >= 15 is 0 Å². The van der Waals surface area contributed by atoms with Crippen molar-refractivity contribution in [3.63, 3.8) is 0 Å². The topological polar surface area (TPSA) is 46.5 Å². The van der Waals surface area contributed by atoms with Gasteiger partial charge in [-0.1, -0.05) is 24.3 Å². The molecular weight excluding hydrogens is 259 g/mol. The molecule has 0 amide bonds. The fourth-order valence-corrected chi connectivity index (χ4v) is 2.34. The smallest absolute Gasteiger partial charge is 0.229 e. The summed E-state index contributed by atoms with van der Waals surface area (Å²) >= 11 is 0. The maximum Gasteiger partial charge on any atom is 0.747 e. The van der Waals surface area contributed by atoms with Gasteiger partial charge in [-0.15, -0.1) is 24.6 Å². The molecule has 1 aromatic carbocycles. The minimum absolute atomic E-state index is 0.424. The van der Waals surface area contributed by atoms with Crippen LogP contribution >= 0.6 is 8.25 Å². The Kier molecular flexibility index (Phi) is 6.20. The molecule has 0 aliphatic rings. The van der Waals surface area contributed by atoms with Crippen molar-refractivity contribution in [3.8, 4) is 5.75 Å². The third kappa shape index (κ3) is 4.16. The van der Waals surface area contributed by atoms with Crippen LogP contribution < -0.4 is 4.52 Å². The first-order valence-corrected chi connectivity index (χ1v) is 7.07. The molecule has 3 nitrogen and oxygen atoms in total. The van der Waals surface area contributed by atoms with E-state index in [-0.39, 0.29) is 0 Å². The summed E-state index contributed by atoms with van der Waals surface area (Å²) in [5.74, 6) is 0.424. The Bertz CT molecular complexity index is 506. The predicted octanol–water partition coefficient (Wildman–Crippen LogP) is 3.90. The van der Waals surface area contributed by atoms with Gasteiger partial charge in [0.15, 0.2) is 5.75 Å². The van der Waals surface area contributed by atoms with E-state index in [9.17, 15) is 4.57 Å². The Morgan fingerprint density at radius 2 is 1.63 bits per heavy atom. The molecule has 4 heteroatoms. The van der Waals surface area contributed by atoms with Gasteiger partial charge in [0, 0.05) is 10.1 Å².